The van der Waals surface area contributed by atoms with E-state index < -0.39 is 0 Å². The molecular weight excluding hydrogens is 762 g/mol. The molecule has 0 aliphatic carbocycles. The molecule has 0 radical (unpaired) electrons. The summed E-state index contributed by atoms with van der Waals surface area (Å²) in [5, 5.41) is 9.68. The van der Waals surface area contributed by atoms with Crippen LogP contribution in [-0.4, -0.2) is 37.1 Å². The fraction of sp³-hybridized carbons (Fsp3) is 0.0476. The molecule has 8 nitrogen and oxygen atoms in total. The summed E-state index contributed by atoms with van der Waals surface area (Å²) < 4.78 is 0. The minimum Gasteiger partial charge on any atom is -0.361 e. The summed E-state index contributed by atoms with van der Waals surface area (Å²) in [5.74, 6) is -0.153. The molecule has 0 fully saturated rings. The monoisotopic (exact) mass is 790 g/mol. The van der Waals surface area contributed by atoms with Crippen molar-refractivity contribution in [1.29, 1.82) is 0 Å². The van der Waals surface area contributed by atoms with Gasteiger partial charge in [-0.15, -0.1) is 0 Å². The SMILES string of the molecule is Clc1ccc2[nH]ccc2c1.O=C(NCc1c[nH]c2ccc(Cl)cc12)c1ccnc(Cc2ccc3ncc(Cl)cc3c2)c1.O=Cc1c[nH]c2ccc(Cl)cc12. The number of hydrogen-bond donors (Lipinski definition) is 4. The molecule has 54 heavy (non-hydrogen) atoms. The van der Waals surface area contributed by atoms with Crippen LogP contribution < -0.4 is 5.32 Å². The number of carbonyl (C=O) groups excluding carboxylic acids is 2. The third kappa shape index (κ3) is 8.76. The lowest BCUT2D eigenvalue weighted by atomic mass is 10.0. The molecule has 1 amide bonds. The van der Waals surface area contributed by atoms with Gasteiger partial charge in [0.15, 0.2) is 6.29 Å². The van der Waals surface area contributed by atoms with E-state index in [1.807, 2.05) is 91.3 Å². The van der Waals surface area contributed by atoms with Gasteiger partial charge in [0.1, 0.15) is 0 Å². The highest BCUT2D eigenvalue weighted by atomic mass is 35.5. The van der Waals surface area contributed by atoms with E-state index in [1.54, 1.807) is 36.8 Å². The summed E-state index contributed by atoms with van der Waals surface area (Å²) in [6.45, 7) is 0.398. The third-order valence-electron chi connectivity index (χ3n) is 8.66. The van der Waals surface area contributed by atoms with Crippen LogP contribution in [0, 0.1) is 0 Å². The number of nitrogens with one attached hydrogen (secondary N) is 4. The van der Waals surface area contributed by atoms with Crippen molar-refractivity contribution in [3.8, 4) is 0 Å². The first kappa shape index (κ1) is 36.7. The predicted molar refractivity (Wildman–Crippen MR) is 220 cm³/mol. The maximum atomic E-state index is 12.8. The van der Waals surface area contributed by atoms with Gasteiger partial charge in [0.2, 0.25) is 0 Å². The van der Waals surface area contributed by atoms with Crippen LogP contribution in [0.5, 0.6) is 0 Å². The number of fused-ring (bicyclic) bond motifs is 4. The average Bonchev–Trinajstić information content (AvgIpc) is 3.92. The highest BCUT2D eigenvalue weighted by Crippen LogP contribution is 2.24. The number of pyridine rings is 2. The quantitative estimate of drug-likeness (QED) is 0.125. The molecule has 268 valence electrons. The Balaban J connectivity index is 0.000000165. The van der Waals surface area contributed by atoms with E-state index in [-0.39, 0.29) is 5.91 Å². The molecule has 9 rings (SSSR count). The van der Waals surface area contributed by atoms with Gasteiger partial charge in [-0.1, -0.05) is 52.5 Å². The Morgan fingerprint density at radius 1 is 0.667 bits per heavy atom. The minimum atomic E-state index is -0.153. The number of nitrogens with zero attached hydrogens (tertiary/aromatic N) is 2. The first-order valence-corrected chi connectivity index (χ1v) is 18.2. The second-order valence-electron chi connectivity index (χ2n) is 12.3. The van der Waals surface area contributed by atoms with Crippen LogP contribution in [0.15, 0.2) is 128 Å². The average molecular weight is 793 g/mol. The zero-order chi connectivity index (χ0) is 37.6. The van der Waals surface area contributed by atoms with Crippen molar-refractivity contribution >= 4 is 102 Å². The van der Waals surface area contributed by atoms with E-state index in [1.165, 1.54) is 0 Å². The molecule has 4 aromatic carbocycles. The van der Waals surface area contributed by atoms with Gasteiger partial charge in [0, 0.05) is 114 Å². The van der Waals surface area contributed by atoms with Gasteiger partial charge in [0.25, 0.3) is 5.91 Å². The maximum Gasteiger partial charge on any atom is 0.251 e. The maximum absolute atomic E-state index is 12.8. The fourth-order valence-electron chi connectivity index (χ4n) is 6.00. The number of aromatic amines is 3. The van der Waals surface area contributed by atoms with Crippen molar-refractivity contribution in [2.75, 3.05) is 0 Å². The fourth-order valence-corrected chi connectivity index (χ4v) is 6.69. The van der Waals surface area contributed by atoms with Gasteiger partial charge in [-0.3, -0.25) is 19.6 Å². The molecule has 5 aromatic heterocycles. The Labute approximate surface area is 329 Å². The van der Waals surface area contributed by atoms with Gasteiger partial charge in [-0.05, 0) is 102 Å². The summed E-state index contributed by atoms with van der Waals surface area (Å²) in [5.41, 5.74) is 8.01. The molecule has 0 atom stereocenters. The van der Waals surface area contributed by atoms with Crippen molar-refractivity contribution in [2.24, 2.45) is 0 Å². The van der Waals surface area contributed by atoms with E-state index in [4.69, 9.17) is 46.4 Å². The van der Waals surface area contributed by atoms with Crippen LogP contribution in [0.25, 0.3) is 43.6 Å². The number of halogens is 4. The molecule has 0 unspecified atom stereocenters. The van der Waals surface area contributed by atoms with Gasteiger partial charge in [-0.25, -0.2) is 0 Å². The summed E-state index contributed by atoms with van der Waals surface area (Å²) >= 11 is 23.7. The smallest absolute Gasteiger partial charge is 0.251 e. The second kappa shape index (κ2) is 16.6. The Kier molecular flexibility index (Phi) is 11.3. The highest BCUT2D eigenvalue weighted by molar-refractivity contribution is 6.32. The summed E-state index contributed by atoms with van der Waals surface area (Å²) in [6.07, 6.45) is 10.2. The van der Waals surface area contributed by atoms with Crippen LogP contribution in [-0.2, 0) is 13.0 Å². The number of aldehydes is 1. The van der Waals surface area contributed by atoms with E-state index in [0.29, 0.717) is 39.2 Å². The van der Waals surface area contributed by atoms with Crippen molar-refractivity contribution in [3.05, 3.63) is 176 Å². The molecule has 0 bridgehead atoms. The lowest BCUT2D eigenvalue weighted by Crippen LogP contribution is -2.22. The van der Waals surface area contributed by atoms with Crippen LogP contribution in [0.2, 0.25) is 20.1 Å². The molecule has 0 saturated carbocycles. The molecule has 0 saturated heterocycles. The molecule has 9 aromatic rings. The van der Waals surface area contributed by atoms with Crippen molar-refractivity contribution in [3.63, 3.8) is 0 Å². The van der Waals surface area contributed by atoms with Gasteiger partial charge in [-0.2, -0.15) is 0 Å². The highest BCUT2D eigenvalue weighted by Gasteiger charge is 2.11. The molecular formula is C42H30Cl4N6O2. The number of hydrogen-bond acceptors (Lipinski definition) is 4. The Morgan fingerprint density at radius 2 is 1.37 bits per heavy atom. The first-order chi connectivity index (χ1) is 26.2. The van der Waals surface area contributed by atoms with E-state index in [0.717, 1.165) is 71.7 Å². The van der Waals surface area contributed by atoms with Crippen LogP contribution in [0.1, 0.15) is 37.5 Å². The number of benzene rings is 4. The molecule has 0 aliphatic rings. The Morgan fingerprint density at radius 3 is 2.17 bits per heavy atom. The number of rotatable bonds is 6. The molecule has 0 spiro atoms. The van der Waals surface area contributed by atoms with Crippen LogP contribution in [0.3, 0.4) is 0 Å². The van der Waals surface area contributed by atoms with Gasteiger partial charge >= 0.3 is 0 Å². The third-order valence-corrected chi connectivity index (χ3v) is 9.58. The molecule has 12 heteroatoms. The molecule has 5 heterocycles. The summed E-state index contributed by atoms with van der Waals surface area (Å²) in [4.78, 5) is 41.3. The second-order valence-corrected chi connectivity index (χ2v) is 14.1. The van der Waals surface area contributed by atoms with Crippen LogP contribution in [0.4, 0.5) is 0 Å². The zero-order valence-electron chi connectivity index (χ0n) is 28.3. The lowest BCUT2D eigenvalue weighted by Gasteiger charge is -2.07. The van der Waals surface area contributed by atoms with Crippen molar-refractivity contribution in [1.82, 2.24) is 30.2 Å². The summed E-state index contributed by atoms with van der Waals surface area (Å²) in [6, 6.07) is 30.3. The standard InChI is InChI=1S/C25H18Cl2N4O.C9H6ClNO.C8H6ClN/c26-19-2-4-24-22(11-19)18(12-29-24)13-31-25(32)16-5-6-28-21(10-16)8-15-1-3-23-17(7-15)9-20(27)14-30-23;10-7-1-2-9-8(3-7)6(5-12)4-11-9;9-7-1-2-8-6(5-7)3-4-10-8/h1-7,9-12,14,29H,8,13H2,(H,31,32);1-5,11H;1-5,10H. The van der Waals surface area contributed by atoms with Crippen LogP contribution >= 0.6 is 46.4 Å². The number of H-pyrrole nitrogens is 3. The normalized spacial score (nSPS) is 10.9. The lowest BCUT2D eigenvalue weighted by molar-refractivity contribution is 0.0950. The molecule has 4 N–H and O–H groups in total. The van der Waals surface area contributed by atoms with E-state index in [9.17, 15) is 9.59 Å². The largest absolute Gasteiger partial charge is 0.361 e. The van der Waals surface area contributed by atoms with E-state index >= 15 is 0 Å². The zero-order valence-corrected chi connectivity index (χ0v) is 31.4. The van der Waals surface area contributed by atoms with Gasteiger partial charge < -0.3 is 20.3 Å². The predicted octanol–water partition coefficient (Wildman–Crippen LogP) is 11.4. The Hall–Kier alpha value is -5.64. The number of carbonyl (C=O) groups is 2. The van der Waals surface area contributed by atoms with Crippen molar-refractivity contribution in [2.45, 2.75) is 13.0 Å². The van der Waals surface area contributed by atoms with Crippen molar-refractivity contribution < 1.29 is 9.59 Å². The number of amides is 1. The summed E-state index contributed by atoms with van der Waals surface area (Å²) in [7, 11) is 0. The molecule has 0 aliphatic heterocycles. The topological polar surface area (TPSA) is 119 Å². The van der Waals surface area contributed by atoms with Gasteiger partial charge in [0.05, 0.1) is 10.5 Å². The Bertz CT molecular complexity index is 2770. The minimum absolute atomic E-state index is 0.153. The first-order valence-electron chi connectivity index (χ1n) is 16.7. The van der Waals surface area contributed by atoms with E-state index in [2.05, 4.69) is 30.2 Å². The number of aromatic nitrogens is 5.